The van der Waals surface area contributed by atoms with Gasteiger partial charge in [-0.15, -0.1) is 0 Å². The van der Waals surface area contributed by atoms with E-state index in [0.29, 0.717) is 11.6 Å². The van der Waals surface area contributed by atoms with Crippen molar-refractivity contribution >= 4 is 22.4 Å². The van der Waals surface area contributed by atoms with Gasteiger partial charge >= 0.3 is 0 Å². The number of nitrogens with zero attached hydrogens (tertiary/aromatic N) is 3. The molecule has 0 saturated carbocycles. The van der Waals surface area contributed by atoms with E-state index in [0.717, 1.165) is 22.0 Å². The van der Waals surface area contributed by atoms with Crippen LogP contribution in [0.15, 0.2) is 42.9 Å². The summed E-state index contributed by atoms with van der Waals surface area (Å²) in [5, 5.41) is 4.38. The zero-order valence-electron chi connectivity index (χ0n) is 12.4. The van der Waals surface area contributed by atoms with Gasteiger partial charge < -0.3 is 5.32 Å². The van der Waals surface area contributed by atoms with Crippen molar-refractivity contribution in [3.63, 3.8) is 0 Å². The molecule has 3 rings (SSSR count). The molecule has 0 saturated heterocycles. The van der Waals surface area contributed by atoms with E-state index in [4.69, 9.17) is 0 Å². The Bertz CT molecular complexity index is 792. The number of imidazole rings is 1. The fourth-order valence-corrected chi connectivity index (χ4v) is 3.01. The summed E-state index contributed by atoms with van der Waals surface area (Å²) in [5.74, 6) is -0.0401. The Labute approximate surface area is 132 Å². The summed E-state index contributed by atoms with van der Waals surface area (Å²) in [5.41, 5.74) is 2.79. The number of rotatable bonds is 4. The third-order valence-electron chi connectivity index (χ3n) is 3.17. The third kappa shape index (κ3) is 2.92. The van der Waals surface area contributed by atoms with Gasteiger partial charge in [0.2, 0.25) is 5.91 Å². The summed E-state index contributed by atoms with van der Waals surface area (Å²) in [6.07, 6.45) is 4.14. The zero-order valence-corrected chi connectivity index (χ0v) is 13.2. The predicted molar refractivity (Wildman–Crippen MR) is 88.3 cm³/mol. The number of hydrogen-bond donors (Lipinski definition) is 1. The number of amides is 1. The number of thiazole rings is 1. The Kier molecular flexibility index (Phi) is 4.02. The molecule has 1 amide bonds. The highest BCUT2D eigenvalue weighted by atomic mass is 32.1. The second-order valence-electron chi connectivity index (χ2n) is 4.86. The Balaban J connectivity index is 2.08. The first-order valence-corrected chi connectivity index (χ1v) is 7.86. The second kappa shape index (κ2) is 6.11. The first kappa shape index (κ1) is 14.5. The van der Waals surface area contributed by atoms with E-state index in [1.54, 1.807) is 6.33 Å². The van der Waals surface area contributed by atoms with Crippen molar-refractivity contribution in [1.82, 2.24) is 14.5 Å². The summed E-state index contributed by atoms with van der Waals surface area (Å²) < 4.78 is 1.94. The van der Waals surface area contributed by atoms with Crippen LogP contribution in [0.5, 0.6) is 0 Å². The maximum absolute atomic E-state index is 11.6. The molecule has 0 fully saturated rings. The summed E-state index contributed by atoms with van der Waals surface area (Å²) in [7, 11) is 0. The van der Waals surface area contributed by atoms with E-state index in [2.05, 4.69) is 15.3 Å². The van der Waals surface area contributed by atoms with Crippen molar-refractivity contribution in [1.29, 1.82) is 0 Å². The number of aromatic nitrogens is 3. The van der Waals surface area contributed by atoms with Crippen LogP contribution >= 0.6 is 11.3 Å². The minimum atomic E-state index is -0.0401. The molecule has 2 aromatic heterocycles. The lowest BCUT2D eigenvalue weighted by atomic mass is 10.2. The van der Waals surface area contributed by atoms with Crippen LogP contribution in [-0.2, 0) is 4.79 Å². The van der Waals surface area contributed by atoms with Crippen LogP contribution in [0.4, 0.5) is 5.13 Å². The molecular weight excluding hydrogens is 296 g/mol. The number of anilines is 1. The van der Waals surface area contributed by atoms with E-state index in [1.165, 1.54) is 11.3 Å². The molecule has 0 aliphatic carbocycles. The Morgan fingerprint density at radius 2 is 2.09 bits per heavy atom. The quantitative estimate of drug-likeness (QED) is 0.800. The van der Waals surface area contributed by atoms with Crippen molar-refractivity contribution in [2.45, 2.75) is 20.3 Å². The van der Waals surface area contributed by atoms with Gasteiger partial charge in [0, 0.05) is 18.2 Å². The first-order valence-electron chi connectivity index (χ1n) is 7.04. The number of benzene rings is 1. The maximum Gasteiger partial charge on any atom is 0.225 e. The van der Waals surface area contributed by atoms with E-state index >= 15 is 0 Å². The van der Waals surface area contributed by atoms with E-state index in [9.17, 15) is 4.79 Å². The van der Waals surface area contributed by atoms with E-state index < -0.39 is 0 Å². The van der Waals surface area contributed by atoms with Gasteiger partial charge in [-0.25, -0.2) is 9.97 Å². The fourth-order valence-electron chi connectivity index (χ4n) is 2.06. The monoisotopic (exact) mass is 312 g/mol. The molecule has 0 spiro atoms. The second-order valence-corrected chi connectivity index (χ2v) is 5.84. The van der Waals surface area contributed by atoms with Crippen LogP contribution in [-0.4, -0.2) is 20.4 Å². The lowest BCUT2D eigenvalue weighted by molar-refractivity contribution is -0.115. The highest BCUT2D eigenvalue weighted by Crippen LogP contribution is 2.34. The molecule has 0 atom stereocenters. The number of carbonyl (C=O) groups is 1. The summed E-state index contributed by atoms with van der Waals surface area (Å²) in [6.45, 7) is 3.76. The van der Waals surface area contributed by atoms with Gasteiger partial charge in [0.1, 0.15) is 17.0 Å². The predicted octanol–water partition coefficient (Wildman–Crippen LogP) is 3.65. The van der Waals surface area contributed by atoms with E-state index in [1.807, 2.05) is 54.9 Å². The van der Waals surface area contributed by atoms with Gasteiger partial charge in [0.25, 0.3) is 0 Å². The minimum Gasteiger partial charge on any atom is -0.302 e. The van der Waals surface area contributed by atoms with Crippen molar-refractivity contribution in [2.75, 3.05) is 5.32 Å². The van der Waals surface area contributed by atoms with Crippen LogP contribution in [0.25, 0.3) is 16.3 Å². The molecule has 3 aromatic rings. The summed E-state index contributed by atoms with van der Waals surface area (Å²) in [6, 6.07) is 9.93. The van der Waals surface area contributed by atoms with Crippen molar-refractivity contribution in [2.24, 2.45) is 0 Å². The molecule has 1 aromatic carbocycles. The van der Waals surface area contributed by atoms with E-state index in [-0.39, 0.29) is 5.91 Å². The lowest BCUT2D eigenvalue weighted by Gasteiger charge is -2.02. The van der Waals surface area contributed by atoms with Crippen LogP contribution < -0.4 is 5.32 Å². The number of nitrogens with one attached hydrogen (secondary N) is 1. The molecule has 1 N–H and O–H groups in total. The van der Waals surface area contributed by atoms with Crippen molar-refractivity contribution in [3.8, 4) is 16.3 Å². The highest BCUT2D eigenvalue weighted by molar-refractivity contribution is 7.18. The van der Waals surface area contributed by atoms with Crippen LogP contribution in [0.3, 0.4) is 0 Å². The highest BCUT2D eigenvalue weighted by Gasteiger charge is 2.16. The topological polar surface area (TPSA) is 59.8 Å². The molecule has 0 aliphatic heterocycles. The Hall–Kier alpha value is -2.47. The molecule has 0 bridgehead atoms. The van der Waals surface area contributed by atoms with Gasteiger partial charge in [0.05, 0.1) is 5.69 Å². The first-order chi connectivity index (χ1) is 10.7. The molecule has 6 heteroatoms. The fraction of sp³-hybridized carbons (Fsp3) is 0.188. The lowest BCUT2D eigenvalue weighted by Crippen LogP contribution is -2.08. The van der Waals surface area contributed by atoms with Crippen molar-refractivity contribution < 1.29 is 4.79 Å². The standard InChI is InChI=1S/C16H16N4OS/c1-3-13(21)18-16-19-14(12-7-5-4-6-8-12)15(22-16)20-9-11(2)17-10-20/h4-10H,3H2,1-2H3,(H,18,19,21). The molecule has 0 aliphatic rings. The Morgan fingerprint density at radius 1 is 1.32 bits per heavy atom. The smallest absolute Gasteiger partial charge is 0.225 e. The average molecular weight is 312 g/mol. The normalized spacial score (nSPS) is 10.6. The zero-order chi connectivity index (χ0) is 15.5. The average Bonchev–Trinajstić information content (AvgIpc) is 3.14. The molecule has 22 heavy (non-hydrogen) atoms. The summed E-state index contributed by atoms with van der Waals surface area (Å²) in [4.78, 5) is 20.5. The Morgan fingerprint density at radius 3 is 2.73 bits per heavy atom. The largest absolute Gasteiger partial charge is 0.302 e. The van der Waals surface area contributed by atoms with Crippen LogP contribution in [0.2, 0.25) is 0 Å². The van der Waals surface area contributed by atoms with Gasteiger partial charge in [-0.05, 0) is 6.92 Å². The molecule has 2 heterocycles. The number of aryl methyl sites for hydroxylation is 1. The summed E-state index contributed by atoms with van der Waals surface area (Å²) >= 11 is 1.44. The van der Waals surface area contributed by atoms with Crippen molar-refractivity contribution in [3.05, 3.63) is 48.5 Å². The third-order valence-corrected chi connectivity index (χ3v) is 4.15. The number of hydrogen-bond acceptors (Lipinski definition) is 4. The molecule has 112 valence electrons. The molecular formula is C16H16N4OS. The molecule has 0 radical (unpaired) electrons. The van der Waals surface area contributed by atoms with Crippen LogP contribution in [0, 0.1) is 6.92 Å². The van der Waals surface area contributed by atoms with Gasteiger partial charge in [-0.1, -0.05) is 48.6 Å². The van der Waals surface area contributed by atoms with Gasteiger partial charge in [-0.3, -0.25) is 9.36 Å². The van der Waals surface area contributed by atoms with Gasteiger partial charge in [0.15, 0.2) is 5.13 Å². The minimum absolute atomic E-state index is 0.0401. The SMILES string of the molecule is CCC(=O)Nc1nc(-c2ccccc2)c(-n2cnc(C)c2)s1. The maximum atomic E-state index is 11.6. The van der Waals surface area contributed by atoms with Gasteiger partial charge in [-0.2, -0.15) is 0 Å². The number of carbonyl (C=O) groups excluding carboxylic acids is 1. The van der Waals surface area contributed by atoms with Crippen LogP contribution in [0.1, 0.15) is 19.0 Å². The molecule has 0 unspecified atom stereocenters. The molecule has 5 nitrogen and oxygen atoms in total.